The normalized spacial score (nSPS) is 16.7. The molecule has 1 amide bonds. The average molecular weight is 383 g/mol. The number of nitrogens with one attached hydrogen (secondary N) is 1. The second-order valence-electron chi connectivity index (χ2n) is 6.48. The van der Waals surface area contributed by atoms with Crippen LogP contribution in [0.2, 0.25) is 0 Å². The van der Waals surface area contributed by atoms with E-state index in [-0.39, 0.29) is 11.9 Å². The van der Waals surface area contributed by atoms with Crippen LogP contribution in [-0.4, -0.2) is 40.6 Å². The number of aromatic nitrogens is 3. The van der Waals surface area contributed by atoms with E-state index < -0.39 is 0 Å². The van der Waals surface area contributed by atoms with Crippen LogP contribution in [-0.2, 0) is 11.3 Å². The van der Waals surface area contributed by atoms with E-state index in [2.05, 4.69) is 25.2 Å². The number of nitrogens with zero attached hydrogens (tertiary/aromatic N) is 4. The van der Waals surface area contributed by atoms with Gasteiger partial charge in [0.25, 0.3) is 0 Å². The van der Waals surface area contributed by atoms with E-state index in [9.17, 15) is 4.79 Å². The van der Waals surface area contributed by atoms with E-state index in [4.69, 9.17) is 4.74 Å². The van der Waals surface area contributed by atoms with Crippen LogP contribution >= 0.6 is 11.3 Å². The van der Waals surface area contributed by atoms with Gasteiger partial charge >= 0.3 is 0 Å². The largest absolute Gasteiger partial charge is 0.480 e. The molecule has 4 rings (SSSR count). The van der Waals surface area contributed by atoms with Crippen LogP contribution < -0.4 is 15.0 Å². The summed E-state index contributed by atoms with van der Waals surface area (Å²) in [6.45, 7) is 3.15. The molecule has 0 bridgehead atoms. The standard InChI is InChI=1S/C19H21N5O2S/c1-12-21-16-15(18(22-12)26-2)27-19(23-16)24-10-6-9-14(24)17(25)20-11-13-7-4-3-5-8-13/h3-5,7-8,14H,6,9-11H2,1-2H3,(H,20,25)/t14-/m1/s1. The summed E-state index contributed by atoms with van der Waals surface area (Å²) in [4.78, 5) is 28.2. The fourth-order valence-corrected chi connectivity index (χ4v) is 4.37. The highest BCUT2D eigenvalue weighted by molar-refractivity contribution is 7.22. The summed E-state index contributed by atoms with van der Waals surface area (Å²) >= 11 is 1.47. The number of hydrogen-bond acceptors (Lipinski definition) is 7. The van der Waals surface area contributed by atoms with Crippen molar-refractivity contribution in [3.8, 4) is 5.88 Å². The summed E-state index contributed by atoms with van der Waals surface area (Å²) in [5.74, 6) is 1.19. The minimum Gasteiger partial charge on any atom is -0.480 e. The zero-order chi connectivity index (χ0) is 18.8. The lowest BCUT2D eigenvalue weighted by molar-refractivity contribution is -0.122. The third kappa shape index (κ3) is 3.57. The summed E-state index contributed by atoms with van der Waals surface area (Å²) in [5.41, 5.74) is 1.71. The Hall–Kier alpha value is -2.74. The Labute approximate surface area is 161 Å². The summed E-state index contributed by atoms with van der Waals surface area (Å²) in [6.07, 6.45) is 1.78. The van der Waals surface area contributed by atoms with Gasteiger partial charge < -0.3 is 15.0 Å². The van der Waals surface area contributed by atoms with Crippen LogP contribution in [0.3, 0.4) is 0 Å². The van der Waals surface area contributed by atoms with E-state index in [0.29, 0.717) is 23.9 Å². The monoisotopic (exact) mass is 383 g/mol. The molecule has 8 heteroatoms. The van der Waals surface area contributed by atoms with Crippen molar-refractivity contribution in [2.45, 2.75) is 32.4 Å². The van der Waals surface area contributed by atoms with Crippen molar-refractivity contribution in [1.29, 1.82) is 0 Å². The van der Waals surface area contributed by atoms with Crippen molar-refractivity contribution < 1.29 is 9.53 Å². The second-order valence-corrected chi connectivity index (χ2v) is 7.46. The molecule has 0 spiro atoms. The number of anilines is 1. The van der Waals surface area contributed by atoms with Crippen molar-refractivity contribution in [1.82, 2.24) is 20.3 Å². The van der Waals surface area contributed by atoms with Crippen LogP contribution in [0.25, 0.3) is 10.3 Å². The molecule has 7 nitrogen and oxygen atoms in total. The molecule has 1 N–H and O–H groups in total. The Balaban J connectivity index is 1.54. The maximum Gasteiger partial charge on any atom is 0.243 e. The molecule has 27 heavy (non-hydrogen) atoms. The van der Waals surface area contributed by atoms with Crippen LogP contribution in [0.5, 0.6) is 5.88 Å². The fourth-order valence-electron chi connectivity index (χ4n) is 3.32. The number of hydrogen-bond donors (Lipinski definition) is 1. The van der Waals surface area contributed by atoms with Crippen molar-refractivity contribution >= 4 is 32.7 Å². The number of thiazole rings is 1. The molecular formula is C19H21N5O2S. The van der Waals surface area contributed by atoms with Crippen LogP contribution in [0.15, 0.2) is 30.3 Å². The summed E-state index contributed by atoms with van der Waals surface area (Å²) in [6, 6.07) is 9.72. The second kappa shape index (κ2) is 7.48. The molecule has 0 aliphatic carbocycles. The van der Waals surface area contributed by atoms with E-state index in [0.717, 1.165) is 34.8 Å². The third-order valence-corrected chi connectivity index (χ3v) is 5.70. The van der Waals surface area contributed by atoms with Gasteiger partial charge in [-0.15, -0.1) is 0 Å². The minimum atomic E-state index is -0.214. The number of rotatable bonds is 5. The molecule has 1 aliphatic rings. The molecule has 140 valence electrons. The lowest BCUT2D eigenvalue weighted by Crippen LogP contribution is -2.43. The molecular weight excluding hydrogens is 362 g/mol. The van der Waals surface area contributed by atoms with E-state index >= 15 is 0 Å². The fraction of sp³-hybridized carbons (Fsp3) is 0.368. The predicted octanol–water partition coefficient (Wildman–Crippen LogP) is 2.69. The average Bonchev–Trinajstić information content (AvgIpc) is 3.32. The number of methoxy groups -OCH3 is 1. The molecule has 3 heterocycles. The quantitative estimate of drug-likeness (QED) is 0.730. The predicted molar refractivity (Wildman–Crippen MR) is 105 cm³/mol. The zero-order valence-electron chi connectivity index (χ0n) is 15.3. The number of fused-ring (bicyclic) bond motifs is 1. The smallest absolute Gasteiger partial charge is 0.243 e. The highest BCUT2D eigenvalue weighted by Gasteiger charge is 2.33. The van der Waals surface area contributed by atoms with E-state index in [1.807, 2.05) is 37.3 Å². The molecule has 2 aromatic heterocycles. The number of amides is 1. The van der Waals surface area contributed by atoms with Gasteiger partial charge in [-0.1, -0.05) is 41.7 Å². The van der Waals surface area contributed by atoms with E-state index in [1.54, 1.807) is 7.11 Å². The van der Waals surface area contributed by atoms with E-state index in [1.165, 1.54) is 11.3 Å². The van der Waals surface area contributed by atoms with Crippen molar-refractivity contribution in [2.75, 3.05) is 18.6 Å². The molecule has 1 atom stereocenters. The number of carbonyl (C=O) groups excluding carboxylic acids is 1. The Kier molecular flexibility index (Phi) is 4.89. The highest BCUT2D eigenvalue weighted by atomic mass is 32.1. The Bertz CT molecular complexity index is 959. The maximum absolute atomic E-state index is 12.8. The van der Waals surface area contributed by atoms with Gasteiger partial charge in [0, 0.05) is 13.1 Å². The number of ether oxygens (including phenoxy) is 1. The first-order valence-electron chi connectivity index (χ1n) is 8.93. The summed E-state index contributed by atoms with van der Waals surface area (Å²) in [5, 5.41) is 3.84. The van der Waals surface area contributed by atoms with Crippen LogP contribution in [0, 0.1) is 6.92 Å². The first-order valence-corrected chi connectivity index (χ1v) is 9.75. The Morgan fingerprint density at radius 2 is 2.11 bits per heavy atom. The molecule has 1 saturated heterocycles. The van der Waals surface area contributed by atoms with Crippen molar-refractivity contribution in [3.05, 3.63) is 41.7 Å². The van der Waals surface area contributed by atoms with Crippen molar-refractivity contribution in [3.63, 3.8) is 0 Å². The van der Waals surface area contributed by atoms with Gasteiger partial charge in [-0.25, -0.2) is 4.98 Å². The zero-order valence-corrected chi connectivity index (χ0v) is 16.1. The highest BCUT2D eigenvalue weighted by Crippen LogP contribution is 2.36. The number of carbonyl (C=O) groups is 1. The molecule has 0 unspecified atom stereocenters. The van der Waals surface area contributed by atoms with Crippen molar-refractivity contribution in [2.24, 2.45) is 0 Å². The molecule has 0 radical (unpaired) electrons. The van der Waals surface area contributed by atoms with Gasteiger partial charge in [-0.05, 0) is 25.3 Å². The van der Waals surface area contributed by atoms with Gasteiger partial charge in [0.15, 0.2) is 10.8 Å². The summed E-state index contributed by atoms with van der Waals surface area (Å²) < 4.78 is 6.18. The van der Waals surface area contributed by atoms with Crippen LogP contribution in [0.4, 0.5) is 5.13 Å². The molecule has 0 saturated carbocycles. The van der Waals surface area contributed by atoms with Gasteiger partial charge in [-0.3, -0.25) is 4.79 Å². The lowest BCUT2D eigenvalue weighted by Gasteiger charge is -2.23. The SMILES string of the molecule is COc1nc(C)nc2nc(N3CCC[C@@H]3C(=O)NCc3ccccc3)sc12. The van der Waals surface area contributed by atoms with Gasteiger partial charge in [0.2, 0.25) is 11.8 Å². The van der Waals surface area contributed by atoms with Crippen LogP contribution in [0.1, 0.15) is 24.2 Å². The van der Waals surface area contributed by atoms with Gasteiger partial charge in [0.05, 0.1) is 7.11 Å². The lowest BCUT2D eigenvalue weighted by atomic mass is 10.2. The van der Waals surface area contributed by atoms with Gasteiger partial charge in [0.1, 0.15) is 16.6 Å². The first-order chi connectivity index (χ1) is 13.2. The maximum atomic E-state index is 12.8. The molecule has 3 aromatic rings. The molecule has 1 aromatic carbocycles. The van der Waals surface area contributed by atoms with Gasteiger partial charge in [-0.2, -0.15) is 9.97 Å². The minimum absolute atomic E-state index is 0.0323. The topological polar surface area (TPSA) is 80.2 Å². The molecule has 1 aliphatic heterocycles. The summed E-state index contributed by atoms with van der Waals surface area (Å²) in [7, 11) is 1.59. The number of aryl methyl sites for hydroxylation is 1. The Morgan fingerprint density at radius 3 is 2.89 bits per heavy atom. The first kappa shape index (κ1) is 17.7. The third-order valence-electron chi connectivity index (χ3n) is 4.63. The molecule has 1 fully saturated rings. The Morgan fingerprint density at radius 1 is 1.30 bits per heavy atom. The number of benzene rings is 1.